The van der Waals surface area contributed by atoms with Crippen molar-refractivity contribution in [2.24, 2.45) is 0 Å². The summed E-state index contributed by atoms with van der Waals surface area (Å²) in [4.78, 5) is 30.6. The summed E-state index contributed by atoms with van der Waals surface area (Å²) >= 11 is 0. The summed E-state index contributed by atoms with van der Waals surface area (Å²) in [5.74, 6) is -1.17. The third kappa shape index (κ3) is 4.54. The molecular weight excluding hydrogens is 338 g/mol. The molecule has 0 saturated carbocycles. The van der Waals surface area contributed by atoms with Crippen LogP contribution in [-0.2, 0) is 4.74 Å². The zero-order valence-corrected chi connectivity index (χ0v) is 14.1. The minimum absolute atomic E-state index is 0.0143. The largest absolute Gasteiger partial charge is 0.489 e. The molecule has 1 atom stereocenters. The van der Waals surface area contributed by atoms with E-state index in [-0.39, 0.29) is 17.5 Å². The predicted molar refractivity (Wildman–Crippen MR) is 92.5 cm³/mol. The molecule has 8 nitrogen and oxygen atoms in total. The maximum absolute atomic E-state index is 12.3. The quantitative estimate of drug-likeness (QED) is 0.816. The standard InChI is InChI=1S/C18H19N3O5/c22-17(14-9-20-15(10-19-14)18(23)24)21-13-6-1-2-7-16(13)26-11-12-5-3-4-8-25-12/h1-2,6-7,9-10,12H,3-5,8,11H2,(H,21,22)(H,23,24). The summed E-state index contributed by atoms with van der Waals surface area (Å²) in [6, 6.07) is 7.07. The van der Waals surface area contributed by atoms with Gasteiger partial charge in [-0.05, 0) is 31.4 Å². The van der Waals surface area contributed by atoms with E-state index in [4.69, 9.17) is 14.6 Å². The summed E-state index contributed by atoms with van der Waals surface area (Å²) in [6.07, 6.45) is 5.38. The van der Waals surface area contributed by atoms with Gasteiger partial charge in [0.05, 0.1) is 24.2 Å². The van der Waals surface area contributed by atoms with E-state index in [9.17, 15) is 9.59 Å². The van der Waals surface area contributed by atoms with E-state index in [1.54, 1.807) is 18.2 Å². The first-order chi connectivity index (χ1) is 12.6. The van der Waals surface area contributed by atoms with E-state index in [0.717, 1.165) is 38.3 Å². The lowest BCUT2D eigenvalue weighted by Gasteiger charge is -2.23. The zero-order chi connectivity index (χ0) is 18.4. The normalized spacial score (nSPS) is 16.7. The van der Waals surface area contributed by atoms with Crippen LogP contribution in [0.2, 0.25) is 0 Å². The van der Waals surface area contributed by atoms with Crippen LogP contribution in [0.25, 0.3) is 0 Å². The van der Waals surface area contributed by atoms with Crippen molar-refractivity contribution in [1.29, 1.82) is 0 Å². The van der Waals surface area contributed by atoms with Gasteiger partial charge in [-0.25, -0.2) is 14.8 Å². The average Bonchev–Trinajstić information content (AvgIpc) is 2.68. The molecule has 1 saturated heterocycles. The Hall–Kier alpha value is -3.00. The molecule has 1 fully saturated rings. The van der Waals surface area contributed by atoms with E-state index in [2.05, 4.69) is 15.3 Å². The number of carbonyl (C=O) groups excluding carboxylic acids is 1. The minimum Gasteiger partial charge on any atom is -0.489 e. The van der Waals surface area contributed by atoms with Gasteiger partial charge in [-0.15, -0.1) is 0 Å². The number of carbonyl (C=O) groups is 2. The first kappa shape index (κ1) is 17.8. The summed E-state index contributed by atoms with van der Waals surface area (Å²) in [6.45, 7) is 1.16. The van der Waals surface area contributed by atoms with E-state index < -0.39 is 11.9 Å². The first-order valence-corrected chi connectivity index (χ1v) is 8.33. The molecule has 0 radical (unpaired) electrons. The molecule has 136 valence electrons. The van der Waals surface area contributed by atoms with Gasteiger partial charge >= 0.3 is 5.97 Å². The highest BCUT2D eigenvalue weighted by Gasteiger charge is 2.17. The van der Waals surface area contributed by atoms with Gasteiger partial charge in [-0.3, -0.25) is 4.79 Å². The van der Waals surface area contributed by atoms with Crippen LogP contribution in [0.3, 0.4) is 0 Å². The highest BCUT2D eigenvalue weighted by molar-refractivity contribution is 6.03. The molecule has 1 aromatic carbocycles. The molecule has 1 aliphatic rings. The molecule has 26 heavy (non-hydrogen) atoms. The monoisotopic (exact) mass is 357 g/mol. The number of anilines is 1. The second kappa shape index (κ2) is 8.39. The number of hydrogen-bond donors (Lipinski definition) is 2. The van der Waals surface area contributed by atoms with Gasteiger partial charge < -0.3 is 19.9 Å². The Morgan fingerprint density at radius 3 is 2.65 bits per heavy atom. The van der Waals surface area contributed by atoms with Gasteiger partial charge in [-0.1, -0.05) is 12.1 Å². The molecule has 0 spiro atoms. The number of benzene rings is 1. The number of nitrogens with one attached hydrogen (secondary N) is 1. The Balaban J connectivity index is 1.65. The molecule has 1 amide bonds. The molecule has 2 N–H and O–H groups in total. The minimum atomic E-state index is -1.20. The van der Waals surface area contributed by atoms with Crippen molar-refractivity contribution < 1.29 is 24.2 Å². The summed E-state index contributed by atoms with van der Waals surface area (Å²) < 4.78 is 11.5. The Kier molecular flexibility index (Phi) is 5.75. The van der Waals surface area contributed by atoms with Crippen LogP contribution >= 0.6 is 0 Å². The summed E-state index contributed by atoms with van der Waals surface area (Å²) in [5, 5.41) is 11.5. The predicted octanol–water partition coefficient (Wildman–Crippen LogP) is 2.38. The third-order valence-corrected chi connectivity index (χ3v) is 3.94. The van der Waals surface area contributed by atoms with Gasteiger partial charge in [0.2, 0.25) is 0 Å². The Morgan fingerprint density at radius 1 is 1.19 bits per heavy atom. The number of carboxylic acids is 1. The smallest absolute Gasteiger partial charge is 0.356 e. The zero-order valence-electron chi connectivity index (χ0n) is 14.1. The van der Waals surface area contributed by atoms with E-state index in [1.807, 2.05) is 6.07 Å². The number of aromatic carboxylic acids is 1. The second-order valence-electron chi connectivity index (χ2n) is 5.84. The van der Waals surface area contributed by atoms with Gasteiger partial charge in [0.15, 0.2) is 5.69 Å². The first-order valence-electron chi connectivity index (χ1n) is 8.33. The fraction of sp³-hybridized carbons (Fsp3) is 0.333. The second-order valence-corrected chi connectivity index (χ2v) is 5.84. The van der Waals surface area contributed by atoms with Crippen LogP contribution in [0.4, 0.5) is 5.69 Å². The fourth-order valence-corrected chi connectivity index (χ4v) is 2.56. The van der Waals surface area contributed by atoms with Crippen molar-refractivity contribution in [3.05, 3.63) is 48.0 Å². The van der Waals surface area contributed by atoms with Crippen molar-refractivity contribution >= 4 is 17.6 Å². The lowest BCUT2D eigenvalue weighted by Crippen LogP contribution is -2.26. The van der Waals surface area contributed by atoms with Gasteiger partial charge in [-0.2, -0.15) is 0 Å². The van der Waals surface area contributed by atoms with Gasteiger partial charge in [0.25, 0.3) is 5.91 Å². The lowest BCUT2D eigenvalue weighted by molar-refractivity contribution is -0.0109. The maximum Gasteiger partial charge on any atom is 0.356 e. The number of rotatable bonds is 6. The van der Waals surface area contributed by atoms with E-state index in [1.165, 1.54) is 0 Å². The highest BCUT2D eigenvalue weighted by atomic mass is 16.5. The summed E-state index contributed by atoms with van der Waals surface area (Å²) in [5.41, 5.74) is 0.288. The Morgan fingerprint density at radius 2 is 1.96 bits per heavy atom. The van der Waals surface area contributed by atoms with Gasteiger partial charge in [0, 0.05) is 6.61 Å². The molecule has 3 rings (SSSR count). The topological polar surface area (TPSA) is 111 Å². The number of nitrogens with zero attached hydrogens (tertiary/aromatic N) is 2. The van der Waals surface area contributed by atoms with Crippen LogP contribution < -0.4 is 10.1 Å². The fourth-order valence-electron chi connectivity index (χ4n) is 2.56. The van der Waals surface area contributed by atoms with Crippen LogP contribution in [-0.4, -0.2) is 46.3 Å². The molecule has 0 bridgehead atoms. The third-order valence-electron chi connectivity index (χ3n) is 3.94. The maximum atomic E-state index is 12.3. The number of ether oxygens (including phenoxy) is 2. The van der Waals surface area contributed by atoms with Crippen molar-refractivity contribution in [1.82, 2.24) is 9.97 Å². The van der Waals surface area contributed by atoms with Crippen LogP contribution in [0.1, 0.15) is 40.2 Å². The average molecular weight is 357 g/mol. The molecular formula is C18H19N3O5. The summed E-state index contributed by atoms with van der Waals surface area (Å²) in [7, 11) is 0. The van der Waals surface area contributed by atoms with Crippen LogP contribution in [0.15, 0.2) is 36.7 Å². The Bertz CT molecular complexity index is 773. The molecule has 2 aromatic rings. The van der Waals surface area contributed by atoms with Crippen molar-refractivity contribution in [2.45, 2.75) is 25.4 Å². The molecule has 1 unspecified atom stereocenters. The van der Waals surface area contributed by atoms with Crippen molar-refractivity contribution in [2.75, 3.05) is 18.5 Å². The number of aromatic nitrogens is 2. The van der Waals surface area contributed by atoms with Gasteiger partial charge in [0.1, 0.15) is 18.1 Å². The molecule has 8 heteroatoms. The Labute approximate surface area is 150 Å². The number of hydrogen-bond acceptors (Lipinski definition) is 6. The van der Waals surface area contributed by atoms with Crippen molar-refractivity contribution in [3.8, 4) is 5.75 Å². The van der Waals surface area contributed by atoms with E-state index >= 15 is 0 Å². The molecule has 1 aromatic heterocycles. The van der Waals surface area contributed by atoms with E-state index in [0.29, 0.717) is 18.0 Å². The van der Waals surface area contributed by atoms with Crippen molar-refractivity contribution in [3.63, 3.8) is 0 Å². The number of carboxylic acid groups (broad SMARTS) is 1. The molecule has 0 aliphatic carbocycles. The van der Waals surface area contributed by atoms with Crippen LogP contribution in [0, 0.1) is 0 Å². The molecule has 2 heterocycles. The highest BCUT2D eigenvalue weighted by Crippen LogP contribution is 2.25. The SMILES string of the molecule is O=C(O)c1cnc(C(=O)Nc2ccccc2OCC2CCCCO2)cn1. The number of para-hydroxylation sites is 2. The number of amides is 1. The van der Waals surface area contributed by atoms with Crippen LogP contribution in [0.5, 0.6) is 5.75 Å². The molecule has 1 aliphatic heterocycles. The lowest BCUT2D eigenvalue weighted by atomic mass is 10.1.